The smallest absolute Gasteiger partial charge is 0.256 e. The summed E-state index contributed by atoms with van der Waals surface area (Å²) >= 11 is 9.98. The molecule has 0 aliphatic carbocycles. The molecular weight excluding hydrogens is 428 g/mol. The third-order valence-electron chi connectivity index (χ3n) is 2.09. The minimum absolute atomic E-state index is 0.202. The average molecular weight is 435 g/mol. The number of benzene rings is 1. The molecule has 0 unspecified atom stereocenters. The Bertz CT molecular complexity index is 564. The fourth-order valence-electron chi connectivity index (χ4n) is 1.32. The van der Waals surface area contributed by atoms with Crippen LogP contribution in [0.25, 0.3) is 0 Å². The maximum Gasteiger partial charge on any atom is 0.256 e. The predicted molar refractivity (Wildman–Crippen MR) is 81.7 cm³/mol. The number of aromatic nitrogens is 1. The molecule has 0 atom stereocenters. The van der Waals surface area contributed by atoms with Gasteiger partial charge in [0, 0.05) is 25.2 Å². The lowest BCUT2D eigenvalue weighted by molar-refractivity contribution is 0.102. The fourth-order valence-corrected chi connectivity index (χ4v) is 2.85. The maximum absolute atomic E-state index is 12.0. The molecule has 18 heavy (non-hydrogen) atoms. The molecule has 0 bridgehead atoms. The lowest BCUT2D eigenvalue weighted by atomic mass is 10.2. The third kappa shape index (κ3) is 3.63. The van der Waals surface area contributed by atoms with Gasteiger partial charge in [-0.3, -0.25) is 4.79 Å². The fraction of sp³-hybridized carbons (Fsp3) is 0. The number of anilines is 1. The van der Waals surface area contributed by atoms with Gasteiger partial charge in [0.05, 0.1) is 0 Å². The highest BCUT2D eigenvalue weighted by atomic mass is 79.9. The molecule has 1 aromatic heterocycles. The lowest BCUT2D eigenvalue weighted by Gasteiger charge is -2.05. The van der Waals surface area contributed by atoms with Gasteiger partial charge in [-0.05, 0) is 46.3 Å². The number of halogens is 3. The Balaban J connectivity index is 2.19. The summed E-state index contributed by atoms with van der Waals surface area (Å²) in [4.78, 5) is 16.1. The standard InChI is InChI=1S/C12H7Br3N2O/c13-8-1-2-11(16-6-8)17-12(18)7-3-9(14)5-10(15)4-7/h1-6H,(H,16,17,18). The summed E-state index contributed by atoms with van der Waals surface area (Å²) < 4.78 is 2.54. The van der Waals surface area contributed by atoms with Crippen molar-refractivity contribution in [1.29, 1.82) is 0 Å². The van der Waals surface area contributed by atoms with Crippen molar-refractivity contribution < 1.29 is 4.79 Å². The number of hydrogen-bond acceptors (Lipinski definition) is 2. The molecule has 0 fully saturated rings. The Hall–Kier alpha value is -0.720. The monoisotopic (exact) mass is 432 g/mol. The summed E-state index contributed by atoms with van der Waals surface area (Å²) in [7, 11) is 0. The highest BCUT2D eigenvalue weighted by Crippen LogP contribution is 2.21. The van der Waals surface area contributed by atoms with Crippen molar-refractivity contribution in [3.05, 3.63) is 55.5 Å². The zero-order valence-electron chi connectivity index (χ0n) is 8.95. The van der Waals surface area contributed by atoms with Gasteiger partial charge in [0.1, 0.15) is 5.82 Å². The first kappa shape index (κ1) is 13.7. The van der Waals surface area contributed by atoms with Crippen molar-refractivity contribution in [3.63, 3.8) is 0 Å². The molecule has 6 heteroatoms. The first-order chi connectivity index (χ1) is 8.54. The topological polar surface area (TPSA) is 42.0 Å². The Morgan fingerprint density at radius 2 is 1.67 bits per heavy atom. The van der Waals surface area contributed by atoms with Gasteiger partial charge < -0.3 is 5.32 Å². The molecular formula is C12H7Br3N2O. The van der Waals surface area contributed by atoms with Gasteiger partial charge in [-0.25, -0.2) is 4.98 Å². The molecule has 2 rings (SSSR count). The molecule has 92 valence electrons. The summed E-state index contributed by atoms with van der Waals surface area (Å²) in [5, 5.41) is 2.73. The van der Waals surface area contributed by atoms with Crippen LogP contribution in [-0.4, -0.2) is 10.9 Å². The minimum atomic E-state index is -0.202. The minimum Gasteiger partial charge on any atom is -0.307 e. The van der Waals surface area contributed by atoms with Crippen molar-refractivity contribution in [3.8, 4) is 0 Å². The first-order valence-electron chi connectivity index (χ1n) is 4.93. The van der Waals surface area contributed by atoms with Gasteiger partial charge in [-0.2, -0.15) is 0 Å². The van der Waals surface area contributed by atoms with E-state index >= 15 is 0 Å². The van der Waals surface area contributed by atoms with Crippen molar-refractivity contribution in [1.82, 2.24) is 4.98 Å². The maximum atomic E-state index is 12.0. The van der Waals surface area contributed by atoms with Crippen LogP contribution >= 0.6 is 47.8 Å². The molecule has 0 saturated carbocycles. The molecule has 1 amide bonds. The molecule has 0 aliphatic rings. The van der Waals surface area contributed by atoms with Crippen molar-refractivity contribution in [2.75, 3.05) is 5.32 Å². The van der Waals surface area contributed by atoms with Crippen molar-refractivity contribution in [2.45, 2.75) is 0 Å². The number of carbonyl (C=O) groups is 1. The van der Waals surface area contributed by atoms with Gasteiger partial charge >= 0.3 is 0 Å². The molecule has 3 nitrogen and oxygen atoms in total. The zero-order valence-corrected chi connectivity index (χ0v) is 13.7. The molecule has 0 saturated heterocycles. The number of pyridine rings is 1. The number of nitrogens with zero attached hydrogens (tertiary/aromatic N) is 1. The molecule has 0 spiro atoms. The van der Waals surface area contributed by atoms with E-state index in [2.05, 4.69) is 58.1 Å². The summed E-state index contributed by atoms with van der Waals surface area (Å²) in [5.41, 5.74) is 0.556. The predicted octanol–water partition coefficient (Wildman–Crippen LogP) is 4.62. The largest absolute Gasteiger partial charge is 0.307 e. The van der Waals surface area contributed by atoms with E-state index in [0.717, 1.165) is 13.4 Å². The van der Waals surface area contributed by atoms with Crippen LogP contribution in [0.2, 0.25) is 0 Å². The number of amides is 1. The van der Waals surface area contributed by atoms with Gasteiger partial charge in [-0.1, -0.05) is 31.9 Å². The molecule has 1 aromatic carbocycles. The van der Waals surface area contributed by atoms with E-state index < -0.39 is 0 Å². The number of rotatable bonds is 2. The van der Waals surface area contributed by atoms with E-state index in [-0.39, 0.29) is 5.91 Å². The van der Waals surface area contributed by atoms with Gasteiger partial charge in [-0.15, -0.1) is 0 Å². The van der Waals surface area contributed by atoms with Crippen LogP contribution in [0.15, 0.2) is 49.9 Å². The average Bonchev–Trinajstić information content (AvgIpc) is 2.31. The van der Waals surface area contributed by atoms with Gasteiger partial charge in [0.15, 0.2) is 0 Å². The van der Waals surface area contributed by atoms with Crippen molar-refractivity contribution >= 4 is 59.5 Å². The summed E-state index contributed by atoms with van der Waals surface area (Å²) in [5.74, 6) is 0.311. The third-order valence-corrected chi connectivity index (χ3v) is 3.48. The van der Waals surface area contributed by atoms with Crippen LogP contribution in [-0.2, 0) is 0 Å². The van der Waals surface area contributed by atoms with Crippen LogP contribution in [0.4, 0.5) is 5.82 Å². The number of nitrogens with one attached hydrogen (secondary N) is 1. The number of carbonyl (C=O) groups excluding carboxylic acids is 1. The Morgan fingerprint density at radius 1 is 1.00 bits per heavy atom. The second-order valence-corrected chi connectivity index (χ2v) is 6.22. The normalized spacial score (nSPS) is 10.2. The van der Waals surface area contributed by atoms with E-state index in [1.54, 1.807) is 24.4 Å². The highest BCUT2D eigenvalue weighted by molar-refractivity contribution is 9.11. The Morgan fingerprint density at radius 3 is 2.22 bits per heavy atom. The quantitative estimate of drug-likeness (QED) is 0.749. The second kappa shape index (κ2) is 5.95. The van der Waals surface area contributed by atoms with Gasteiger partial charge in [0.2, 0.25) is 0 Å². The van der Waals surface area contributed by atoms with E-state index in [4.69, 9.17) is 0 Å². The van der Waals surface area contributed by atoms with Crippen LogP contribution in [0.1, 0.15) is 10.4 Å². The summed E-state index contributed by atoms with van der Waals surface area (Å²) in [6.07, 6.45) is 1.63. The van der Waals surface area contributed by atoms with E-state index in [9.17, 15) is 4.79 Å². The van der Waals surface area contributed by atoms with Crippen LogP contribution < -0.4 is 5.32 Å². The molecule has 1 heterocycles. The van der Waals surface area contributed by atoms with E-state index in [1.807, 2.05) is 12.1 Å². The van der Waals surface area contributed by atoms with E-state index in [1.165, 1.54) is 0 Å². The second-order valence-electron chi connectivity index (χ2n) is 3.47. The molecule has 0 radical (unpaired) electrons. The zero-order chi connectivity index (χ0) is 13.1. The van der Waals surface area contributed by atoms with Crippen LogP contribution in [0, 0.1) is 0 Å². The first-order valence-corrected chi connectivity index (χ1v) is 7.31. The Labute approximate surface area is 129 Å². The Kier molecular flexibility index (Phi) is 4.53. The lowest BCUT2D eigenvalue weighted by Crippen LogP contribution is -2.12. The van der Waals surface area contributed by atoms with E-state index in [0.29, 0.717) is 11.4 Å². The SMILES string of the molecule is O=C(Nc1ccc(Br)cn1)c1cc(Br)cc(Br)c1. The molecule has 2 aromatic rings. The van der Waals surface area contributed by atoms with Gasteiger partial charge in [0.25, 0.3) is 5.91 Å². The van der Waals surface area contributed by atoms with Crippen LogP contribution in [0.3, 0.4) is 0 Å². The number of hydrogen-bond donors (Lipinski definition) is 1. The summed E-state index contributed by atoms with van der Waals surface area (Å²) in [6.45, 7) is 0. The highest BCUT2D eigenvalue weighted by Gasteiger charge is 2.08. The summed E-state index contributed by atoms with van der Waals surface area (Å²) in [6, 6.07) is 8.92. The van der Waals surface area contributed by atoms with Crippen LogP contribution in [0.5, 0.6) is 0 Å². The van der Waals surface area contributed by atoms with Crippen molar-refractivity contribution in [2.24, 2.45) is 0 Å². The molecule has 1 N–H and O–H groups in total. The molecule has 0 aliphatic heterocycles.